The highest BCUT2D eigenvalue weighted by Crippen LogP contribution is 2.24. The smallest absolute Gasteiger partial charge is 0.169 e. The summed E-state index contributed by atoms with van der Waals surface area (Å²) in [6.45, 7) is 6.57. The molecule has 0 amide bonds. The summed E-state index contributed by atoms with van der Waals surface area (Å²) < 4.78 is 2.81. The van der Waals surface area contributed by atoms with E-state index in [1.807, 2.05) is 39.0 Å². The highest BCUT2D eigenvalue weighted by atomic mass is 127. The Morgan fingerprint density at radius 1 is 1.40 bits per heavy atom. The van der Waals surface area contributed by atoms with Crippen LogP contribution in [-0.2, 0) is 13.0 Å². The first-order chi connectivity index (χ1) is 9.45. The van der Waals surface area contributed by atoms with Crippen LogP contribution in [0.5, 0.6) is 0 Å². The van der Waals surface area contributed by atoms with E-state index >= 15 is 0 Å². The minimum absolute atomic E-state index is 0.0783. The summed E-state index contributed by atoms with van der Waals surface area (Å²) in [5, 5.41) is 4.95. The molecule has 0 spiro atoms. The van der Waals surface area contributed by atoms with Crippen LogP contribution >= 0.6 is 34.2 Å². The summed E-state index contributed by atoms with van der Waals surface area (Å²) in [7, 11) is 0. The van der Waals surface area contributed by atoms with E-state index in [1.54, 1.807) is 4.68 Å². The molecule has 0 radical (unpaired) electrons. The SMILES string of the molecule is CCn1nc(C)c(Cl)c1CC(=O)c1cccc(C)c1I. The molecule has 0 aliphatic carbocycles. The van der Waals surface area contributed by atoms with E-state index < -0.39 is 0 Å². The zero-order valence-electron chi connectivity index (χ0n) is 11.7. The van der Waals surface area contributed by atoms with Crippen LogP contribution in [0.4, 0.5) is 0 Å². The number of rotatable bonds is 4. The minimum Gasteiger partial charge on any atom is -0.294 e. The summed E-state index contributed by atoms with van der Waals surface area (Å²) in [6, 6.07) is 5.78. The number of nitrogens with zero attached hydrogens (tertiary/aromatic N) is 2. The van der Waals surface area contributed by atoms with Crippen LogP contribution in [0.2, 0.25) is 5.02 Å². The van der Waals surface area contributed by atoms with Crippen molar-refractivity contribution in [1.82, 2.24) is 9.78 Å². The van der Waals surface area contributed by atoms with Gasteiger partial charge in [0, 0.05) is 15.7 Å². The van der Waals surface area contributed by atoms with Crippen molar-refractivity contribution in [2.24, 2.45) is 0 Å². The van der Waals surface area contributed by atoms with E-state index in [1.165, 1.54) is 0 Å². The third kappa shape index (κ3) is 2.91. The van der Waals surface area contributed by atoms with Crippen LogP contribution in [-0.4, -0.2) is 15.6 Å². The first-order valence-corrected chi connectivity index (χ1v) is 7.91. The number of hydrogen-bond acceptors (Lipinski definition) is 2. The molecule has 0 unspecified atom stereocenters. The maximum Gasteiger partial charge on any atom is 0.169 e. The number of carbonyl (C=O) groups is 1. The second kappa shape index (κ2) is 6.26. The van der Waals surface area contributed by atoms with Gasteiger partial charge in [-0.15, -0.1) is 0 Å². The number of Topliss-reactive ketones (excluding diaryl/α,β-unsaturated/α-hetero) is 1. The molecule has 0 N–H and O–H groups in total. The largest absolute Gasteiger partial charge is 0.294 e. The second-order valence-electron chi connectivity index (χ2n) is 4.70. The molecule has 1 heterocycles. The van der Waals surface area contributed by atoms with Crippen molar-refractivity contribution in [2.45, 2.75) is 33.7 Å². The van der Waals surface area contributed by atoms with Gasteiger partial charge in [-0.3, -0.25) is 9.48 Å². The van der Waals surface area contributed by atoms with E-state index in [4.69, 9.17) is 11.6 Å². The Hall–Kier alpha value is -0.880. The predicted octanol–water partition coefficient (Wildman–Crippen LogP) is 4.20. The summed E-state index contributed by atoms with van der Waals surface area (Å²) in [5.74, 6) is 0.0783. The standard InChI is InChI=1S/C15H16ClIN2O/c1-4-19-12(14(16)10(3)18-19)8-13(20)11-7-5-6-9(2)15(11)17/h5-7H,4,8H2,1-3H3. The lowest BCUT2D eigenvalue weighted by Gasteiger charge is -2.08. The Balaban J connectivity index is 2.35. The average molecular weight is 403 g/mol. The first-order valence-electron chi connectivity index (χ1n) is 6.45. The topological polar surface area (TPSA) is 34.9 Å². The van der Waals surface area contributed by atoms with Crippen molar-refractivity contribution in [3.63, 3.8) is 0 Å². The molecule has 5 heteroatoms. The number of ketones is 1. The number of aromatic nitrogens is 2. The van der Waals surface area contributed by atoms with Gasteiger partial charge in [-0.25, -0.2) is 0 Å². The van der Waals surface area contributed by atoms with E-state index in [9.17, 15) is 4.79 Å². The molecule has 2 aromatic rings. The number of hydrogen-bond donors (Lipinski definition) is 0. The summed E-state index contributed by atoms with van der Waals surface area (Å²) in [5.41, 5.74) is 3.44. The lowest BCUT2D eigenvalue weighted by Crippen LogP contribution is -2.11. The van der Waals surface area contributed by atoms with Crippen molar-refractivity contribution >= 4 is 40.0 Å². The zero-order chi connectivity index (χ0) is 14.9. The zero-order valence-corrected chi connectivity index (χ0v) is 14.6. The highest BCUT2D eigenvalue weighted by Gasteiger charge is 2.18. The van der Waals surface area contributed by atoms with Crippen LogP contribution < -0.4 is 0 Å². The van der Waals surface area contributed by atoms with Gasteiger partial charge in [-0.05, 0) is 48.9 Å². The van der Waals surface area contributed by atoms with E-state index in [-0.39, 0.29) is 12.2 Å². The fourth-order valence-corrected chi connectivity index (χ4v) is 3.01. The van der Waals surface area contributed by atoms with E-state index in [0.29, 0.717) is 11.6 Å². The van der Waals surface area contributed by atoms with Gasteiger partial charge in [0.2, 0.25) is 0 Å². The molecule has 1 aromatic heterocycles. The molecule has 0 bridgehead atoms. The molecule has 2 rings (SSSR count). The van der Waals surface area contributed by atoms with Gasteiger partial charge < -0.3 is 0 Å². The van der Waals surface area contributed by atoms with Crippen LogP contribution in [0.15, 0.2) is 18.2 Å². The summed E-state index contributed by atoms with van der Waals surface area (Å²) >= 11 is 8.48. The van der Waals surface area contributed by atoms with Crippen LogP contribution in [0.1, 0.15) is 34.2 Å². The third-order valence-electron chi connectivity index (χ3n) is 3.27. The molecule has 106 valence electrons. The van der Waals surface area contributed by atoms with Crippen molar-refractivity contribution in [1.29, 1.82) is 0 Å². The van der Waals surface area contributed by atoms with Crippen LogP contribution in [0.25, 0.3) is 0 Å². The molecule has 0 saturated heterocycles. The molecular weight excluding hydrogens is 387 g/mol. The quantitative estimate of drug-likeness (QED) is 0.567. The van der Waals surface area contributed by atoms with Gasteiger partial charge in [0.05, 0.1) is 22.8 Å². The Labute approximate surface area is 137 Å². The minimum atomic E-state index is 0.0783. The van der Waals surface area contributed by atoms with Gasteiger partial charge >= 0.3 is 0 Å². The molecule has 0 saturated carbocycles. The normalized spacial score (nSPS) is 10.8. The monoisotopic (exact) mass is 402 g/mol. The van der Waals surface area contributed by atoms with Gasteiger partial charge in [0.15, 0.2) is 5.78 Å². The molecule has 0 fully saturated rings. The molecule has 0 aliphatic rings. The Morgan fingerprint density at radius 2 is 2.10 bits per heavy atom. The van der Waals surface area contributed by atoms with Gasteiger partial charge in [0.25, 0.3) is 0 Å². The Bertz CT molecular complexity index is 664. The summed E-state index contributed by atoms with van der Waals surface area (Å²) in [4.78, 5) is 12.5. The molecule has 0 atom stereocenters. The van der Waals surface area contributed by atoms with Crippen molar-refractivity contribution < 1.29 is 4.79 Å². The maximum absolute atomic E-state index is 12.5. The van der Waals surface area contributed by atoms with Crippen LogP contribution in [0.3, 0.4) is 0 Å². The fourth-order valence-electron chi connectivity index (χ4n) is 2.15. The number of aryl methyl sites for hydroxylation is 3. The van der Waals surface area contributed by atoms with Crippen molar-refractivity contribution in [3.05, 3.63) is 49.3 Å². The Kier molecular flexibility index (Phi) is 4.86. The van der Waals surface area contributed by atoms with Gasteiger partial charge in [-0.2, -0.15) is 5.10 Å². The van der Waals surface area contributed by atoms with Crippen molar-refractivity contribution in [3.8, 4) is 0 Å². The van der Waals surface area contributed by atoms with Crippen LogP contribution in [0, 0.1) is 17.4 Å². The number of benzene rings is 1. The lowest BCUT2D eigenvalue weighted by molar-refractivity contribution is 0.0989. The number of halogens is 2. The molecule has 0 aliphatic heterocycles. The lowest BCUT2D eigenvalue weighted by atomic mass is 10.0. The third-order valence-corrected chi connectivity index (χ3v) is 5.20. The summed E-state index contributed by atoms with van der Waals surface area (Å²) in [6.07, 6.45) is 0.285. The molecule has 20 heavy (non-hydrogen) atoms. The Morgan fingerprint density at radius 3 is 2.75 bits per heavy atom. The molecule has 3 nitrogen and oxygen atoms in total. The maximum atomic E-state index is 12.5. The fraction of sp³-hybridized carbons (Fsp3) is 0.333. The first kappa shape index (κ1) is 15.5. The molecular formula is C15H16ClIN2O. The van der Waals surface area contributed by atoms with E-state index in [0.717, 1.165) is 26.1 Å². The second-order valence-corrected chi connectivity index (χ2v) is 6.15. The average Bonchev–Trinajstić information content (AvgIpc) is 2.69. The predicted molar refractivity (Wildman–Crippen MR) is 89.6 cm³/mol. The van der Waals surface area contributed by atoms with Crippen molar-refractivity contribution in [2.75, 3.05) is 0 Å². The van der Waals surface area contributed by atoms with Gasteiger partial charge in [-0.1, -0.05) is 29.8 Å². The number of carbonyl (C=O) groups excluding carboxylic acids is 1. The van der Waals surface area contributed by atoms with Gasteiger partial charge in [0.1, 0.15) is 0 Å². The molecule has 1 aromatic carbocycles. The highest BCUT2D eigenvalue weighted by molar-refractivity contribution is 14.1. The van der Waals surface area contributed by atoms with E-state index in [2.05, 4.69) is 27.7 Å².